The fourth-order valence-corrected chi connectivity index (χ4v) is 4.43. The molecular weight excluding hydrogens is 482 g/mol. The molecule has 0 bridgehead atoms. The molecule has 3 aromatic heterocycles. The number of aromatic amines is 1. The van der Waals surface area contributed by atoms with Gasteiger partial charge in [-0.25, -0.2) is 19.3 Å². The van der Waals surface area contributed by atoms with Gasteiger partial charge in [0.2, 0.25) is 5.88 Å². The molecule has 192 valence electrons. The number of halogens is 4. The summed E-state index contributed by atoms with van der Waals surface area (Å²) in [6, 6.07) is 3.89. The second kappa shape index (κ2) is 9.47. The van der Waals surface area contributed by atoms with Crippen molar-refractivity contribution in [2.45, 2.75) is 46.1 Å². The minimum atomic E-state index is -4.82. The van der Waals surface area contributed by atoms with Crippen LogP contribution in [0.3, 0.4) is 0 Å². The summed E-state index contributed by atoms with van der Waals surface area (Å²) in [5.74, 6) is -0.778. The number of amides is 1. The Morgan fingerprint density at radius 3 is 2.44 bits per heavy atom. The predicted octanol–water partition coefficient (Wildman–Crippen LogP) is 4.25. The standard InChI is InChI=1S/C24H25F4N5O3/c1-11-9-33(10-12(2)19(11)25)23(35)15-5-6-18(29-8-15)36-13(3)16-7-17-21(30-14(4)31-22(17)34)32-20(16)24(26,27)28/h5-8,11-13,19H,9-10H2,1-4H3,(H,30,31,32,34)/t11-,12+,13-,19?/m0/s1. The number of H-pyrrole nitrogens is 1. The number of aromatic nitrogens is 4. The summed E-state index contributed by atoms with van der Waals surface area (Å²) in [7, 11) is 0. The Labute approximate surface area is 203 Å². The molecule has 3 aromatic rings. The van der Waals surface area contributed by atoms with Crippen molar-refractivity contribution >= 4 is 16.9 Å². The number of carbonyl (C=O) groups excluding carboxylic acids is 1. The zero-order valence-corrected chi connectivity index (χ0v) is 20.1. The van der Waals surface area contributed by atoms with E-state index >= 15 is 0 Å². The lowest BCUT2D eigenvalue weighted by Crippen LogP contribution is -2.48. The third-order valence-electron chi connectivity index (χ3n) is 6.22. The predicted molar refractivity (Wildman–Crippen MR) is 122 cm³/mol. The van der Waals surface area contributed by atoms with Crippen LogP contribution in [0.15, 0.2) is 29.2 Å². The minimum Gasteiger partial charge on any atom is -0.470 e. The number of ether oxygens (including phenoxy) is 1. The number of rotatable bonds is 4. The van der Waals surface area contributed by atoms with Gasteiger partial charge in [0.15, 0.2) is 11.3 Å². The summed E-state index contributed by atoms with van der Waals surface area (Å²) >= 11 is 0. The van der Waals surface area contributed by atoms with E-state index in [2.05, 4.69) is 19.9 Å². The van der Waals surface area contributed by atoms with Crippen molar-refractivity contribution in [1.29, 1.82) is 0 Å². The van der Waals surface area contributed by atoms with Crippen LogP contribution in [-0.4, -0.2) is 50.0 Å². The lowest BCUT2D eigenvalue weighted by Gasteiger charge is -2.37. The Hall–Kier alpha value is -3.57. The number of hydrogen-bond donors (Lipinski definition) is 1. The van der Waals surface area contributed by atoms with Crippen LogP contribution in [-0.2, 0) is 6.18 Å². The summed E-state index contributed by atoms with van der Waals surface area (Å²) in [4.78, 5) is 40.7. The summed E-state index contributed by atoms with van der Waals surface area (Å²) in [6.07, 6.45) is -5.71. The number of piperidine rings is 1. The van der Waals surface area contributed by atoms with Gasteiger partial charge in [0.1, 0.15) is 18.1 Å². The van der Waals surface area contributed by atoms with Crippen molar-refractivity contribution in [1.82, 2.24) is 24.8 Å². The Bertz CT molecular complexity index is 1330. The number of hydrogen-bond acceptors (Lipinski definition) is 6. The largest absolute Gasteiger partial charge is 0.470 e. The van der Waals surface area contributed by atoms with Gasteiger partial charge >= 0.3 is 6.18 Å². The molecule has 1 unspecified atom stereocenters. The number of pyridine rings is 2. The highest BCUT2D eigenvalue weighted by Crippen LogP contribution is 2.35. The molecule has 0 radical (unpaired) electrons. The van der Waals surface area contributed by atoms with Crippen LogP contribution >= 0.6 is 0 Å². The smallest absolute Gasteiger partial charge is 0.433 e. The summed E-state index contributed by atoms with van der Waals surface area (Å²) in [5.41, 5.74) is -2.26. The minimum absolute atomic E-state index is 0.0209. The third-order valence-corrected chi connectivity index (χ3v) is 6.22. The van der Waals surface area contributed by atoms with Crippen LogP contribution in [0.2, 0.25) is 0 Å². The highest BCUT2D eigenvalue weighted by molar-refractivity contribution is 5.94. The van der Waals surface area contributed by atoms with Crippen molar-refractivity contribution in [2.24, 2.45) is 11.8 Å². The highest BCUT2D eigenvalue weighted by Gasteiger charge is 2.38. The molecule has 1 N–H and O–H groups in total. The Kier molecular flexibility index (Phi) is 6.72. The lowest BCUT2D eigenvalue weighted by molar-refractivity contribution is -0.142. The van der Waals surface area contributed by atoms with E-state index < -0.39 is 29.7 Å². The van der Waals surface area contributed by atoms with Crippen LogP contribution in [0.4, 0.5) is 17.6 Å². The first-order valence-corrected chi connectivity index (χ1v) is 11.4. The molecule has 0 aliphatic carbocycles. The van der Waals surface area contributed by atoms with Gasteiger partial charge in [-0.1, -0.05) is 13.8 Å². The van der Waals surface area contributed by atoms with Crippen LogP contribution in [0, 0.1) is 18.8 Å². The second-order valence-corrected chi connectivity index (χ2v) is 9.20. The second-order valence-electron chi connectivity index (χ2n) is 9.20. The molecule has 12 heteroatoms. The van der Waals surface area contributed by atoms with E-state index in [1.54, 1.807) is 18.7 Å². The number of likely N-dealkylation sites (tertiary alicyclic amines) is 1. The number of aryl methyl sites for hydroxylation is 1. The molecule has 36 heavy (non-hydrogen) atoms. The van der Waals surface area contributed by atoms with Gasteiger partial charge in [-0.05, 0) is 26.0 Å². The fourth-order valence-electron chi connectivity index (χ4n) is 4.43. The number of carbonyl (C=O) groups is 1. The normalized spacial score (nSPS) is 21.4. The van der Waals surface area contributed by atoms with Crippen molar-refractivity contribution < 1.29 is 27.1 Å². The quantitative estimate of drug-likeness (QED) is 0.530. The number of fused-ring (bicyclic) bond motifs is 1. The van der Waals surface area contributed by atoms with E-state index in [0.717, 1.165) is 6.07 Å². The molecule has 1 amide bonds. The molecule has 4 heterocycles. The van der Waals surface area contributed by atoms with Gasteiger partial charge in [0, 0.05) is 42.8 Å². The average Bonchev–Trinajstić information content (AvgIpc) is 2.80. The Morgan fingerprint density at radius 1 is 1.19 bits per heavy atom. The van der Waals surface area contributed by atoms with Gasteiger partial charge in [-0.2, -0.15) is 13.2 Å². The van der Waals surface area contributed by atoms with Gasteiger partial charge in [0.05, 0.1) is 10.9 Å². The first-order valence-electron chi connectivity index (χ1n) is 11.4. The molecule has 1 aliphatic heterocycles. The summed E-state index contributed by atoms with van der Waals surface area (Å²) in [6.45, 7) is 6.88. The maximum absolute atomic E-state index is 14.1. The topological polar surface area (TPSA) is 101 Å². The molecule has 0 aromatic carbocycles. The highest BCUT2D eigenvalue weighted by atomic mass is 19.4. The number of nitrogens with zero attached hydrogens (tertiary/aromatic N) is 4. The van der Waals surface area contributed by atoms with Crippen LogP contribution < -0.4 is 10.3 Å². The first kappa shape index (κ1) is 25.5. The molecule has 4 atom stereocenters. The maximum atomic E-state index is 14.1. The Balaban J connectivity index is 1.57. The van der Waals surface area contributed by atoms with Crippen LogP contribution in [0.25, 0.3) is 11.0 Å². The molecular formula is C24H25F4N5O3. The lowest BCUT2D eigenvalue weighted by atomic mass is 9.89. The van der Waals surface area contributed by atoms with E-state index in [1.807, 2.05) is 0 Å². The summed E-state index contributed by atoms with van der Waals surface area (Å²) in [5, 5.41) is -0.103. The zero-order valence-electron chi connectivity index (χ0n) is 20.1. The molecule has 1 saturated heterocycles. The van der Waals surface area contributed by atoms with E-state index in [0.29, 0.717) is 0 Å². The average molecular weight is 507 g/mol. The first-order chi connectivity index (χ1) is 16.8. The van der Waals surface area contributed by atoms with Gasteiger partial charge < -0.3 is 14.6 Å². The maximum Gasteiger partial charge on any atom is 0.433 e. The molecule has 1 fully saturated rings. The van der Waals surface area contributed by atoms with Gasteiger partial charge in [0.25, 0.3) is 11.5 Å². The third kappa shape index (κ3) is 5.02. The molecule has 4 rings (SSSR count). The van der Waals surface area contributed by atoms with Gasteiger partial charge in [-0.15, -0.1) is 0 Å². The Morgan fingerprint density at radius 2 is 1.86 bits per heavy atom. The summed E-state index contributed by atoms with van der Waals surface area (Å²) < 4.78 is 61.0. The number of alkyl halides is 4. The fraction of sp³-hybridized carbons (Fsp3) is 0.458. The number of nitrogens with one attached hydrogen (secondary N) is 1. The molecule has 1 aliphatic rings. The van der Waals surface area contributed by atoms with Crippen LogP contribution in [0.5, 0.6) is 5.88 Å². The van der Waals surface area contributed by atoms with Crippen molar-refractivity contribution in [3.63, 3.8) is 0 Å². The monoisotopic (exact) mass is 507 g/mol. The van der Waals surface area contributed by atoms with E-state index in [1.165, 1.54) is 32.2 Å². The zero-order chi connectivity index (χ0) is 26.4. The van der Waals surface area contributed by atoms with Crippen molar-refractivity contribution in [3.05, 3.63) is 57.4 Å². The van der Waals surface area contributed by atoms with E-state index in [9.17, 15) is 27.2 Å². The molecule has 0 spiro atoms. The van der Waals surface area contributed by atoms with Gasteiger partial charge in [-0.3, -0.25) is 9.59 Å². The van der Waals surface area contributed by atoms with Crippen LogP contribution in [0.1, 0.15) is 54.3 Å². The van der Waals surface area contributed by atoms with E-state index in [-0.39, 0.29) is 64.7 Å². The van der Waals surface area contributed by atoms with Crippen molar-refractivity contribution in [3.8, 4) is 5.88 Å². The van der Waals surface area contributed by atoms with Crippen molar-refractivity contribution in [2.75, 3.05) is 13.1 Å². The SMILES string of the molecule is Cc1nc2nc(C(F)(F)F)c([C@H](C)Oc3ccc(C(=O)N4C[C@@H](C)C(F)[C@@H](C)C4)cn3)cc2c(=O)[nH]1. The molecule has 8 nitrogen and oxygen atoms in total. The van der Waals surface area contributed by atoms with E-state index in [4.69, 9.17) is 4.74 Å². The molecule has 0 saturated carbocycles.